The summed E-state index contributed by atoms with van der Waals surface area (Å²) in [4.78, 5) is 40.3. The van der Waals surface area contributed by atoms with Gasteiger partial charge in [0.2, 0.25) is 17.7 Å². The molecular formula is C21H22F3N3O4. The maximum Gasteiger partial charge on any atom is 0.244 e. The molecule has 1 atom stereocenters. The Kier molecular flexibility index (Phi) is 6.98. The molecule has 1 aromatic heterocycles. The van der Waals surface area contributed by atoms with Crippen molar-refractivity contribution in [3.8, 4) is 0 Å². The summed E-state index contributed by atoms with van der Waals surface area (Å²) in [6.07, 6.45) is 2.06. The van der Waals surface area contributed by atoms with E-state index in [9.17, 15) is 27.6 Å². The molecule has 3 amide bonds. The fraction of sp³-hybridized carbons (Fsp3) is 0.381. The average Bonchev–Trinajstić information content (AvgIpc) is 3.38. The Morgan fingerprint density at radius 2 is 2.00 bits per heavy atom. The third-order valence-electron chi connectivity index (χ3n) is 4.94. The summed E-state index contributed by atoms with van der Waals surface area (Å²) in [5.41, 5.74) is -0.520. The molecule has 1 aromatic carbocycles. The lowest BCUT2D eigenvalue weighted by Gasteiger charge is -2.24. The number of nitrogens with one attached hydrogen (secondary N) is 1. The smallest absolute Gasteiger partial charge is 0.244 e. The van der Waals surface area contributed by atoms with Gasteiger partial charge in [-0.2, -0.15) is 0 Å². The van der Waals surface area contributed by atoms with Crippen molar-refractivity contribution in [1.82, 2.24) is 9.80 Å². The highest BCUT2D eigenvalue weighted by Crippen LogP contribution is 2.23. The van der Waals surface area contributed by atoms with Gasteiger partial charge in [0.15, 0.2) is 17.5 Å². The number of benzene rings is 1. The van der Waals surface area contributed by atoms with Gasteiger partial charge in [-0.15, -0.1) is 0 Å². The SMILES string of the molecule is CCCN(CC(=O)Nc1ccc(F)c(F)c1F)C(=O)C1CC(=O)N(Cc2ccco2)C1. The summed E-state index contributed by atoms with van der Waals surface area (Å²) in [6.45, 7) is 2.09. The molecule has 0 aliphatic carbocycles. The summed E-state index contributed by atoms with van der Waals surface area (Å²) >= 11 is 0. The fourth-order valence-electron chi connectivity index (χ4n) is 3.46. The van der Waals surface area contributed by atoms with Crippen LogP contribution >= 0.6 is 0 Å². The number of likely N-dealkylation sites (tertiary alicyclic amines) is 1. The molecule has 166 valence electrons. The number of hydrogen-bond acceptors (Lipinski definition) is 4. The molecule has 1 saturated heterocycles. The first-order valence-corrected chi connectivity index (χ1v) is 9.82. The molecule has 3 rings (SSSR count). The molecule has 1 unspecified atom stereocenters. The van der Waals surface area contributed by atoms with E-state index in [0.29, 0.717) is 18.2 Å². The van der Waals surface area contributed by atoms with Crippen molar-refractivity contribution in [3.63, 3.8) is 0 Å². The largest absolute Gasteiger partial charge is 0.467 e. The molecule has 0 radical (unpaired) electrons. The number of nitrogens with zero attached hydrogens (tertiary/aromatic N) is 2. The van der Waals surface area contributed by atoms with Crippen LogP contribution in [0.15, 0.2) is 34.9 Å². The van der Waals surface area contributed by atoms with Crippen LogP contribution in [0.2, 0.25) is 0 Å². The van der Waals surface area contributed by atoms with Gasteiger partial charge in [-0.3, -0.25) is 14.4 Å². The van der Waals surface area contributed by atoms with Gasteiger partial charge in [0, 0.05) is 19.5 Å². The third-order valence-corrected chi connectivity index (χ3v) is 4.94. The van der Waals surface area contributed by atoms with Gasteiger partial charge in [-0.25, -0.2) is 13.2 Å². The number of halogens is 3. The van der Waals surface area contributed by atoms with Gasteiger partial charge < -0.3 is 19.5 Å². The van der Waals surface area contributed by atoms with E-state index in [1.807, 2.05) is 6.92 Å². The van der Waals surface area contributed by atoms with Crippen LogP contribution in [-0.4, -0.2) is 47.2 Å². The van der Waals surface area contributed by atoms with Crippen LogP contribution in [0.1, 0.15) is 25.5 Å². The second-order valence-electron chi connectivity index (χ2n) is 7.29. The quantitative estimate of drug-likeness (QED) is 0.644. The zero-order valence-electron chi connectivity index (χ0n) is 16.9. The van der Waals surface area contributed by atoms with Crippen molar-refractivity contribution in [2.24, 2.45) is 5.92 Å². The fourth-order valence-corrected chi connectivity index (χ4v) is 3.46. The van der Waals surface area contributed by atoms with Crippen LogP contribution in [0.4, 0.5) is 18.9 Å². The lowest BCUT2D eigenvalue weighted by molar-refractivity contribution is -0.138. The minimum Gasteiger partial charge on any atom is -0.467 e. The highest BCUT2D eigenvalue weighted by Gasteiger charge is 2.37. The first-order chi connectivity index (χ1) is 14.8. The van der Waals surface area contributed by atoms with Crippen LogP contribution in [0.5, 0.6) is 0 Å². The Hall–Kier alpha value is -3.30. The molecule has 2 aromatic rings. The summed E-state index contributed by atoms with van der Waals surface area (Å²) in [7, 11) is 0. The highest BCUT2D eigenvalue weighted by molar-refractivity contribution is 5.96. The number of rotatable bonds is 8. The molecule has 7 nitrogen and oxygen atoms in total. The molecular weight excluding hydrogens is 415 g/mol. The monoisotopic (exact) mass is 437 g/mol. The maximum atomic E-state index is 13.8. The van der Waals surface area contributed by atoms with E-state index in [2.05, 4.69) is 5.32 Å². The molecule has 1 N–H and O–H groups in total. The van der Waals surface area contributed by atoms with Crippen molar-refractivity contribution in [2.45, 2.75) is 26.3 Å². The lowest BCUT2D eigenvalue weighted by atomic mass is 10.1. The molecule has 1 aliphatic rings. The average molecular weight is 437 g/mol. The van der Waals surface area contributed by atoms with E-state index in [0.717, 1.165) is 6.07 Å². The Bertz CT molecular complexity index is 965. The van der Waals surface area contributed by atoms with Gasteiger partial charge in [-0.05, 0) is 30.7 Å². The van der Waals surface area contributed by atoms with Crippen molar-refractivity contribution < 1.29 is 32.0 Å². The van der Waals surface area contributed by atoms with E-state index in [4.69, 9.17) is 4.42 Å². The maximum absolute atomic E-state index is 13.8. The van der Waals surface area contributed by atoms with Gasteiger partial charge in [-0.1, -0.05) is 6.92 Å². The standard InChI is InChI=1S/C21H22F3N3O4/c1-2-7-26(12-17(28)25-16-6-5-15(22)19(23)20(16)24)21(30)13-9-18(29)27(10-13)11-14-4-3-8-31-14/h3-6,8,13H,2,7,9-12H2,1H3,(H,25,28). The van der Waals surface area contributed by atoms with E-state index < -0.39 is 41.5 Å². The summed E-state index contributed by atoms with van der Waals surface area (Å²) in [6, 6.07) is 5.03. The predicted octanol–water partition coefficient (Wildman–Crippen LogP) is 2.92. The number of amides is 3. The van der Waals surface area contributed by atoms with Gasteiger partial charge >= 0.3 is 0 Å². The Morgan fingerprint density at radius 3 is 2.68 bits per heavy atom. The van der Waals surface area contributed by atoms with E-state index >= 15 is 0 Å². The molecule has 31 heavy (non-hydrogen) atoms. The van der Waals surface area contributed by atoms with E-state index in [1.165, 1.54) is 16.1 Å². The summed E-state index contributed by atoms with van der Waals surface area (Å²) < 4.78 is 45.4. The number of carbonyl (C=O) groups is 3. The second-order valence-corrected chi connectivity index (χ2v) is 7.29. The number of carbonyl (C=O) groups excluding carboxylic acids is 3. The van der Waals surface area contributed by atoms with Gasteiger partial charge in [0.1, 0.15) is 5.76 Å². The minimum atomic E-state index is -1.69. The van der Waals surface area contributed by atoms with Crippen LogP contribution in [0, 0.1) is 23.4 Å². The van der Waals surface area contributed by atoms with E-state index in [-0.39, 0.29) is 37.9 Å². The van der Waals surface area contributed by atoms with Gasteiger partial charge in [0.05, 0.1) is 31.0 Å². The third kappa shape index (κ3) is 5.25. The van der Waals surface area contributed by atoms with Crippen molar-refractivity contribution in [2.75, 3.05) is 25.0 Å². The zero-order chi connectivity index (χ0) is 22.5. The van der Waals surface area contributed by atoms with Crippen LogP contribution in [0.25, 0.3) is 0 Å². The van der Waals surface area contributed by atoms with Crippen molar-refractivity contribution in [3.05, 3.63) is 53.7 Å². The Labute approximate surface area is 176 Å². The zero-order valence-corrected chi connectivity index (χ0v) is 16.9. The van der Waals surface area contributed by atoms with E-state index in [1.54, 1.807) is 12.1 Å². The van der Waals surface area contributed by atoms with Crippen LogP contribution in [-0.2, 0) is 20.9 Å². The normalized spacial score (nSPS) is 15.9. The Morgan fingerprint density at radius 1 is 1.23 bits per heavy atom. The summed E-state index contributed by atoms with van der Waals surface area (Å²) in [5.74, 6) is -5.94. The first-order valence-electron chi connectivity index (χ1n) is 9.82. The van der Waals surface area contributed by atoms with Crippen LogP contribution in [0.3, 0.4) is 0 Å². The first kappa shape index (κ1) is 22.4. The molecule has 2 heterocycles. The predicted molar refractivity (Wildman–Crippen MR) is 104 cm³/mol. The lowest BCUT2D eigenvalue weighted by Crippen LogP contribution is -2.42. The number of furan rings is 1. The number of hydrogen-bond donors (Lipinski definition) is 1. The number of anilines is 1. The Balaban J connectivity index is 1.63. The van der Waals surface area contributed by atoms with Crippen molar-refractivity contribution in [1.29, 1.82) is 0 Å². The topological polar surface area (TPSA) is 82.9 Å². The molecule has 0 spiro atoms. The summed E-state index contributed by atoms with van der Waals surface area (Å²) in [5, 5.41) is 2.16. The molecule has 0 bridgehead atoms. The highest BCUT2D eigenvalue weighted by atomic mass is 19.2. The molecule has 0 saturated carbocycles. The van der Waals surface area contributed by atoms with Crippen LogP contribution < -0.4 is 5.32 Å². The molecule has 1 aliphatic heterocycles. The minimum absolute atomic E-state index is 0.0131. The molecule has 10 heteroatoms. The molecule has 1 fully saturated rings. The van der Waals surface area contributed by atoms with Crippen molar-refractivity contribution >= 4 is 23.4 Å². The van der Waals surface area contributed by atoms with Gasteiger partial charge in [0.25, 0.3) is 0 Å². The second kappa shape index (κ2) is 9.67.